The van der Waals surface area contributed by atoms with Crippen molar-refractivity contribution in [1.29, 1.82) is 0 Å². The Kier molecular flexibility index (Phi) is 7.68. The van der Waals surface area contributed by atoms with Gasteiger partial charge in [-0.25, -0.2) is 9.18 Å². The maximum absolute atomic E-state index is 15.8. The number of hydrogen-bond acceptors (Lipinski definition) is 8. The summed E-state index contributed by atoms with van der Waals surface area (Å²) in [4.78, 5) is 18.2. The molecule has 0 bridgehead atoms. The molecule has 1 aliphatic heterocycles. The molecule has 0 fully saturated rings. The Balaban J connectivity index is 1.64. The molecule has 1 amide bonds. The number of carbonyl (C=O) groups excluding carboxylic acids is 1. The third-order valence-corrected chi connectivity index (χ3v) is 5.67. The Morgan fingerprint density at radius 1 is 1.14 bits per heavy atom. The molecule has 9 nitrogen and oxygen atoms in total. The minimum atomic E-state index is -0.582. The molecule has 0 saturated heterocycles. The second kappa shape index (κ2) is 10.9. The van der Waals surface area contributed by atoms with Crippen LogP contribution in [0.3, 0.4) is 0 Å². The molecule has 0 saturated carbocycles. The number of para-hydroxylation sites is 1. The fraction of sp³-hybridized carbons (Fsp3) is 0.333. The van der Waals surface area contributed by atoms with Gasteiger partial charge in [-0.05, 0) is 57.0 Å². The van der Waals surface area contributed by atoms with Gasteiger partial charge in [0.05, 0.1) is 5.69 Å². The number of hydrogen-bond donors (Lipinski definition) is 1. The zero-order chi connectivity index (χ0) is 26.6. The summed E-state index contributed by atoms with van der Waals surface area (Å²) < 4.78 is 31.9. The normalized spacial score (nSPS) is 13.8. The number of amides is 1. The van der Waals surface area contributed by atoms with Crippen LogP contribution in [0.4, 0.5) is 15.0 Å². The lowest BCUT2D eigenvalue weighted by molar-refractivity contribution is 0.0270. The van der Waals surface area contributed by atoms with Crippen LogP contribution in [0.5, 0.6) is 5.75 Å². The van der Waals surface area contributed by atoms with Gasteiger partial charge >= 0.3 is 6.09 Å². The number of nitrogen functional groups attached to an aromatic ring is 1. The smallest absolute Gasteiger partial charge is 0.410 e. The summed E-state index contributed by atoms with van der Waals surface area (Å²) in [5.74, 6) is 0.0730. The summed E-state index contributed by atoms with van der Waals surface area (Å²) >= 11 is 0. The van der Waals surface area contributed by atoms with E-state index >= 15 is 4.39 Å². The molecule has 1 aliphatic rings. The minimum absolute atomic E-state index is 0.0521. The van der Waals surface area contributed by atoms with Crippen LogP contribution in [-0.4, -0.2) is 58.8 Å². The number of methoxy groups -OCH3 is 1. The molecule has 37 heavy (non-hydrogen) atoms. The molecule has 0 unspecified atom stereocenters. The van der Waals surface area contributed by atoms with Crippen LogP contribution < -0.4 is 10.5 Å². The van der Waals surface area contributed by atoms with Gasteiger partial charge in [0.1, 0.15) is 17.0 Å². The molecule has 0 spiro atoms. The fourth-order valence-electron chi connectivity index (χ4n) is 3.93. The Morgan fingerprint density at radius 3 is 2.62 bits per heavy atom. The van der Waals surface area contributed by atoms with E-state index < -0.39 is 17.5 Å². The van der Waals surface area contributed by atoms with Gasteiger partial charge in [0.15, 0.2) is 18.4 Å². The largest absolute Gasteiger partial charge is 0.467 e. The number of halogens is 1. The Bertz CT molecular complexity index is 1320. The van der Waals surface area contributed by atoms with Crippen molar-refractivity contribution in [3.05, 3.63) is 60.1 Å². The van der Waals surface area contributed by atoms with Gasteiger partial charge in [-0.1, -0.05) is 18.2 Å². The van der Waals surface area contributed by atoms with E-state index in [0.29, 0.717) is 47.6 Å². The Labute approximate surface area is 215 Å². The highest BCUT2D eigenvalue weighted by atomic mass is 19.1. The molecular formula is C27H30FN5O4. The molecule has 2 N–H and O–H groups in total. The highest BCUT2D eigenvalue weighted by Crippen LogP contribution is 2.35. The van der Waals surface area contributed by atoms with E-state index in [0.717, 1.165) is 5.57 Å². The summed E-state index contributed by atoms with van der Waals surface area (Å²) in [6.07, 6.45) is 3.44. The number of aromatic nitrogens is 3. The second-order valence-electron chi connectivity index (χ2n) is 9.50. The van der Waals surface area contributed by atoms with Crippen molar-refractivity contribution >= 4 is 17.5 Å². The van der Waals surface area contributed by atoms with Crippen molar-refractivity contribution in [3.8, 4) is 28.3 Å². The van der Waals surface area contributed by atoms with E-state index in [-0.39, 0.29) is 18.3 Å². The zero-order valence-corrected chi connectivity index (χ0v) is 21.3. The zero-order valence-electron chi connectivity index (χ0n) is 21.3. The number of anilines is 1. The maximum atomic E-state index is 15.8. The molecule has 4 rings (SSSR count). The summed E-state index contributed by atoms with van der Waals surface area (Å²) in [6, 6.07) is 10.5. The van der Waals surface area contributed by atoms with Gasteiger partial charge in [0, 0.05) is 43.1 Å². The predicted octanol–water partition coefficient (Wildman–Crippen LogP) is 4.93. The van der Waals surface area contributed by atoms with E-state index in [9.17, 15) is 4.79 Å². The van der Waals surface area contributed by atoms with Gasteiger partial charge in [-0.2, -0.15) is 0 Å². The van der Waals surface area contributed by atoms with Crippen LogP contribution in [0.2, 0.25) is 0 Å². The van der Waals surface area contributed by atoms with E-state index in [1.54, 1.807) is 23.1 Å². The van der Waals surface area contributed by atoms with Crippen molar-refractivity contribution in [2.24, 2.45) is 0 Å². The summed E-state index contributed by atoms with van der Waals surface area (Å²) in [5, 5.41) is 8.25. The first-order chi connectivity index (χ1) is 17.7. The molecule has 0 atom stereocenters. The summed E-state index contributed by atoms with van der Waals surface area (Å²) in [6.45, 7) is 6.26. The van der Waals surface area contributed by atoms with Crippen LogP contribution in [0.25, 0.3) is 28.1 Å². The quantitative estimate of drug-likeness (QED) is 0.467. The van der Waals surface area contributed by atoms with Crippen molar-refractivity contribution < 1.29 is 23.4 Å². The monoisotopic (exact) mass is 507 g/mol. The molecular weight excluding hydrogens is 477 g/mol. The lowest BCUT2D eigenvalue weighted by atomic mass is 9.97. The van der Waals surface area contributed by atoms with Gasteiger partial charge < -0.3 is 24.8 Å². The number of nitrogens with two attached hydrogens (primary N) is 1. The Morgan fingerprint density at radius 2 is 1.92 bits per heavy atom. The average molecular weight is 508 g/mol. The number of benzene rings is 1. The van der Waals surface area contributed by atoms with Gasteiger partial charge in [-0.15, -0.1) is 10.2 Å². The number of rotatable bonds is 6. The predicted molar refractivity (Wildman–Crippen MR) is 138 cm³/mol. The molecule has 0 radical (unpaired) electrons. The maximum Gasteiger partial charge on any atom is 0.410 e. The molecule has 3 aromatic rings. The van der Waals surface area contributed by atoms with Gasteiger partial charge in [0.2, 0.25) is 0 Å². The van der Waals surface area contributed by atoms with Crippen molar-refractivity contribution in [2.75, 3.05) is 32.7 Å². The van der Waals surface area contributed by atoms with Gasteiger partial charge in [0.25, 0.3) is 0 Å². The first-order valence-corrected chi connectivity index (χ1v) is 11.8. The van der Waals surface area contributed by atoms with E-state index in [4.69, 9.17) is 19.9 Å². The third kappa shape index (κ3) is 6.03. The van der Waals surface area contributed by atoms with Crippen LogP contribution in [0.1, 0.15) is 32.8 Å². The molecule has 1 aromatic carbocycles. The van der Waals surface area contributed by atoms with Crippen LogP contribution in [0, 0.1) is 5.82 Å². The SMILES string of the molecule is COCOc1ccccc1-c1cc(-c2nccc(C3=CCN(C(=O)OC(C)(C)C)CC3)c2F)c(N)nn1. The molecule has 3 heterocycles. The standard InChI is InChI=1S/C27H30FN5O4/c1-27(2,3)37-26(34)33-13-10-17(11-14-33)18-9-12-30-24(23(18)28)20-15-21(31-32-25(20)29)19-7-5-6-8-22(19)36-16-35-4/h5-10,12,15H,11,13-14,16H2,1-4H3,(H2,29,32). The topological polar surface area (TPSA) is 113 Å². The first-order valence-electron chi connectivity index (χ1n) is 11.8. The van der Waals surface area contributed by atoms with Crippen LogP contribution >= 0.6 is 0 Å². The van der Waals surface area contributed by atoms with E-state index in [1.807, 2.05) is 45.0 Å². The van der Waals surface area contributed by atoms with Crippen LogP contribution in [0.15, 0.2) is 48.7 Å². The lowest BCUT2D eigenvalue weighted by Crippen LogP contribution is -2.39. The number of ether oxygens (including phenoxy) is 3. The summed E-state index contributed by atoms with van der Waals surface area (Å²) in [5.41, 5.74) is 8.20. The highest BCUT2D eigenvalue weighted by molar-refractivity contribution is 5.80. The third-order valence-electron chi connectivity index (χ3n) is 5.67. The summed E-state index contributed by atoms with van der Waals surface area (Å²) in [7, 11) is 1.53. The number of pyridine rings is 1. The van der Waals surface area contributed by atoms with Crippen LogP contribution in [-0.2, 0) is 9.47 Å². The number of carbonyl (C=O) groups is 1. The van der Waals surface area contributed by atoms with Gasteiger partial charge in [-0.3, -0.25) is 4.98 Å². The highest BCUT2D eigenvalue weighted by Gasteiger charge is 2.26. The van der Waals surface area contributed by atoms with E-state index in [1.165, 1.54) is 13.3 Å². The molecule has 2 aromatic heterocycles. The second-order valence-corrected chi connectivity index (χ2v) is 9.50. The van der Waals surface area contributed by atoms with Crippen molar-refractivity contribution in [1.82, 2.24) is 20.1 Å². The van der Waals surface area contributed by atoms with Crippen molar-refractivity contribution in [3.63, 3.8) is 0 Å². The van der Waals surface area contributed by atoms with Crippen molar-refractivity contribution in [2.45, 2.75) is 32.8 Å². The molecule has 10 heteroatoms. The average Bonchev–Trinajstić information content (AvgIpc) is 2.87. The fourth-order valence-corrected chi connectivity index (χ4v) is 3.93. The number of nitrogens with zero attached hydrogens (tertiary/aromatic N) is 4. The molecule has 0 aliphatic carbocycles. The molecule has 194 valence electrons. The van der Waals surface area contributed by atoms with E-state index in [2.05, 4.69) is 15.2 Å². The first kappa shape index (κ1) is 26.0. The lowest BCUT2D eigenvalue weighted by Gasteiger charge is -2.29. The Hall–Kier alpha value is -4.05. The minimum Gasteiger partial charge on any atom is -0.467 e.